The van der Waals surface area contributed by atoms with Crippen molar-refractivity contribution in [1.82, 2.24) is 4.98 Å². The van der Waals surface area contributed by atoms with Crippen LogP contribution in [0.4, 0.5) is 11.5 Å². The van der Waals surface area contributed by atoms with Gasteiger partial charge in [0.2, 0.25) is 0 Å². The number of hydrogen-bond acceptors (Lipinski definition) is 6. The Balaban J connectivity index is 1.58. The van der Waals surface area contributed by atoms with Crippen LogP contribution in [0, 0.1) is 0 Å². The number of carbonyl (C=O) groups is 1. The molecule has 8 nitrogen and oxygen atoms in total. The second-order valence-electron chi connectivity index (χ2n) is 6.06. The molecule has 0 radical (unpaired) electrons. The molecule has 0 spiro atoms. The number of amides is 1. The minimum absolute atomic E-state index is 0.0491. The van der Waals surface area contributed by atoms with Crippen molar-refractivity contribution in [1.29, 1.82) is 0 Å². The Bertz CT molecular complexity index is 1090. The average Bonchev–Trinajstić information content (AvgIpc) is 2.74. The molecule has 0 saturated carbocycles. The lowest BCUT2D eigenvalue weighted by molar-refractivity contribution is -0.118. The van der Waals surface area contributed by atoms with Gasteiger partial charge in [0, 0.05) is 11.9 Å². The monoisotopic (exact) mass is 427 g/mol. The SMILES string of the molecule is CCOc1ccccc1OCC(=O)Nc1ccc(S(=O)(=O)Nc2ccccn2)cc1. The van der Waals surface area contributed by atoms with E-state index in [-0.39, 0.29) is 23.2 Å². The van der Waals surface area contributed by atoms with E-state index in [2.05, 4.69) is 15.0 Å². The minimum Gasteiger partial charge on any atom is -0.490 e. The summed E-state index contributed by atoms with van der Waals surface area (Å²) in [6.45, 7) is 2.13. The highest BCUT2D eigenvalue weighted by Gasteiger charge is 2.15. The summed E-state index contributed by atoms with van der Waals surface area (Å²) < 4.78 is 38.2. The molecule has 0 bridgehead atoms. The molecule has 30 heavy (non-hydrogen) atoms. The summed E-state index contributed by atoms with van der Waals surface area (Å²) in [7, 11) is -3.78. The van der Waals surface area contributed by atoms with E-state index in [1.165, 1.54) is 30.5 Å². The fraction of sp³-hybridized carbons (Fsp3) is 0.143. The standard InChI is InChI=1S/C21H21N3O5S/c1-2-28-18-7-3-4-8-19(18)29-15-21(25)23-16-10-12-17(13-11-16)30(26,27)24-20-9-5-6-14-22-20/h3-14H,2,15H2,1H3,(H,22,24)(H,23,25). The van der Waals surface area contributed by atoms with E-state index in [4.69, 9.17) is 9.47 Å². The molecule has 0 fully saturated rings. The number of ether oxygens (including phenoxy) is 2. The van der Waals surface area contributed by atoms with Crippen LogP contribution in [0.2, 0.25) is 0 Å². The average molecular weight is 427 g/mol. The van der Waals surface area contributed by atoms with Crippen molar-refractivity contribution in [3.63, 3.8) is 0 Å². The number of pyridine rings is 1. The Kier molecular flexibility index (Phi) is 6.87. The smallest absolute Gasteiger partial charge is 0.263 e. The van der Waals surface area contributed by atoms with Crippen LogP contribution in [0.1, 0.15) is 6.92 Å². The molecule has 156 valence electrons. The van der Waals surface area contributed by atoms with Gasteiger partial charge in [-0.05, 0) is 55.5 Å². The van der Waals surface area contributed by atoms with Crippen molar-refractivity contribution in [3.8, 4) is 11.5 Å². The quantitative estimate of drug-likeness (QED) is 0.543. The van der Waals surface area contributed by atoms with Gasteiger partial charge in [-0.15, -0.1) is 0 Å². The van der Waals surface area contributed by atoms with Crippen LogP contribution < -0.4 is 19.5 Å². The summed E-state index contributed by atoms with van der Waals surface area (Å²) in [4.78, 5) is 16.2. The van der Waals surface area contributed by atoms with E-state index < -0.39 is 10.0 Å². The van der Waals surface area contributed by atoms with E-state index in [0.717, 1.165) is 0 Å². The molecule has 1 aromatic heterocycles. The lowest BCUT2D eigenvalue weighted by Gasteiger charge is -2.12. The predicted molar refractivity (Wildman–Crippen MR) is 113 cm³/mol. The minimum atomic E-state index is -3.78. The van der Waals surface area contributed by atoms with Crippen molar-refractivity contribution in [2.45, 2.75) is 11.8 Å². The van der Waals surface area contributed by atoms with Crippen molar-refractivity contribution in [3.05, 3.63) is 72.9 Å². The molecule has 2 N–H and O–H groups in total. The summed E-state index contributed by atoms with van der Waals surface area (Å²) in [5.41, 5.74) is 0.443. The first kappa shape index (κ1) is 21.1. The number of nitrogens with one attached hydrogen (secondary N) is 2. The Morgan fingerprint density at radius 3 is 2.23 bits per heavy atom. The number of hydrogen-bond donors (Lipinski definition) is 2. The van der Waals surface area contributed by atoms with Crippen LogP contribution in [-0.2, 0) is 14.8 Å². The number of carbonyl (C=O) groups excluding carboxylic acids is 1. The first-order valence-electron chi connectivity index (χ1n) is 9.16. The number of anilines is 2. The number of sulfonamides is 1. The summed E-state index contributed by atoms with van der Waals surface area (Å²) in [6.07, 6.45) is 1.49. The van der Waals surface area contributed by atoms with Crippen molar-refractivity contribution >= 4 is 27.4 Å². The molecule has 3 aromatic rings. The maximum atomic E-state index is 12.4. The lowest BCUT2D eigenvalue weighted by Crippen LogP contribution is -2.20. The number of aromatic nitrogens is 1. The zero-order valence-corrected chi connectivity index (χ0v) is 17.1. The Morgan fingerprint density at radius 1 is 0.933 bits per heavy atom. The van der Waals surface area contributed by atoms with E-state index in [9.17, 15) is 13.2 Å². The van der Waals surface area contributed by atoms with Gasteiger partial charge < -0.3 is 14.8 Å². The number of benzene rings is 2. The molecule has 0 unspecified atom stereocenters. The molecule has 0 saturated heterocycles. The molecule has 0 aliphatic rings. The Morgan fingerprint density at radius 2 is 1.60 bits per heavy atom. The van der Waals surface area contributed by atoms with E-state index in [0.29, 0.717) is 23.8 Å². The molecule has 0 aliphatic carbocycles. The zero-order valence-electron chi connectivity index (χ0n) is 16.2. The van der Waals surface area contributed by atoms with Gasteiger partial charge in [0.15, 0.2) is 18.1 Å². The highest BCUT2D eigenvalue weighted by molar-refractivity contribution is 7.92. The van der Waals surface area contributed by atoms with Gasteiger partial charge >= 0.3 is 0 Å². The summed E-state index contributed by atoms with van der Waals surface area (Å²) in [5, 5.41) is 2.66. The predicted octanol–water partition coefficient (Wildman–Crippen LogP) is 3.30. The fourth-order valence-corrected chi connectivity index (χ4v) is 3.53. The third-order valence-electron chi connectivity index (χ3n) is 3.86. The van der Waals surface area contributed by atoms with Gasteiger partial charge in [-0.1, -0.05) is 18.2 Å². The second-order valence-corrected chi connectivity index (χ2v) is 7.74. The normalized spacial score (nSPS) is 10.8. The third-order valence-corrected chi connectivity index (χ3v) is 5.23. The fourth-order valence-electron chi connectivity index (χ4n) is 2.52. The zero-order chi connectivity index (χ0) is 21.4. The van der Waals surface area contributed by atoms with Crippen molar-refractivity contribution in [2.75, 3.05) is 23.3 Å². The topological polar surface area (TPSA) is 107 Å². The van der Waals surface area contributed by atoms with Crippen LogP contribution in [-0.4, -0.2) is 32.5 Å². The molecular weight excluding hydrogens is 406 g/mol. The Labute approximate surface area is 174 Å². The van der Waals surface area contributed by atoms with Crippen molar-refractivity contribution in [2.24, 2.45) is 0 Å². The molecule has 0 atom stereocenters. The summed E-state index contributed by atoms with van der Waals surface area (Å²) >= 11 is 0. The number of rotatable bonds is 9. The third kappa shape index (κ3) is 5.71. The maximum absolute atomic E-state index is 12.4. The lowest BCUT2D eigenvalue weighted by atomic mass is 10.3. The van der Waals surface area contributed by atoms with Crippen LogP contribution in [0.15, 0.2) is 77.8 Å². The molecule has 1 amide bonds. The first-order chi connectivity index (χ1) is 14.5. The molecule has 3 rings (SSSR count). The highest BCUT2D eigenvalue weighted by Crippen LogP contribution is 2.26. The molecule has 0 aliphatic heterocycles. The van der Waals surface area contributed by atoms with E-state index in [1.807, 2.05) is 13.0 Å². The van der Waals surface area contributed by atoms with Gasteiger partial charge in [-0.3, -0.25) is 9.52 Å². The Hall–Kier alpha value is -3.59. The molecule has 2 aromatic carbocycles. The largest absolute Gasteiger partial charge is 0.490 e. The van der Waals surface area contributed by atoms with Gasteiger partial charge in [0.1, 0.15) is 5.82 Å². The van der Waals surface area contributed by atoms with Gasteiger partial charge in [-0.2, -0.15) is 0 Å². The molecular formula is C21H21N3O5S. The molecule has 1 heterocycles. The first-order valence-corrected chi connectivity index (χ1v) is 10.6. The van der Waals surface area contributed by atoms with Gasteiger partial charge in [0.25, 0.3) is 15.9 Å². The van der Waals surface area contributed by atoms with Gasteiger partial charge in [0.05, 0.1) is 11.5 Å². The second kappa shape index (κ2) is 9.75. The highest BCUT2D eigenvalue weighted by atomic mass is 32.2. The maximum Gasteiger partial charge on any atom is 0.263 e. The van der Waals surface area contributed by atoms with Gasteiger partial charge in [-0.25, -0.2) is 13.4 Å². The number of para-hydroxylation sites is 2. The van der Waals surface area contributed by atoms with Crippen LogP contribution >= 0.6 is 0 Å². The van der Waals surface area contributed by atoms with E-state index in [1.54, 1.807) is 36.4 Å². The molecule has 9 heteroatoms. The van der Waals surface area contributed by atoms with Crippen LogP contribution in [0.3, 0.4) is 0 Å². The number of nitrogens with zero attached hydrogens (tertiary/aromatic N) is 1. The van der Waals surface area contributed by atoms with Crippen LogP contribution in [0.25, 0.3) is 0 Å². The van der Waals surface area contributed by atoms with Crippen LogP contribution in [0.5, 0.6) is 11.5 Å². The summed E-state index contributed by atoms with van der Waals surface area (Å²) in [6, 6.07) is 17.8. The van der Waals surface area contributed by atoms with Crippen molar-refractivity contribution < 1.29 is 22.7 Å². The summed E-state index contributed by atoms with van der Waals surface area (Å²) in [5.74, 6) is 0.863. The van der Waals surface area contributed by atoms with E-state index >= 15 is 0 Å².